The van der Waals surface area contributed by atoms with E-state index in [4.69, 9.17) is 5.73 Å². The fraction of sp³-hybridized carbons (Fsp3) is 0.0769. The summed E-state index contributed by atoms with van der Waals surface area (Å²) in [6, 6.07) is 8.77. The second-order valence-electron chi connectivity index (χ2n) is 4.11. The van der Waals surface area contributed by atoms with Crippen LogP contribution < -0.4 is 11.1 Å². The van der Waals surface area contributed by atoms with Crippen LogP contribution in [0.15, 0.2) is 36.4 Å². The summed E-state index contributed by atoms with van der Waals surface area (Å²) in [6.07, 6.45) is 0. The maximum absolute atomic E-state index is 13.4. The molecule has 19 heavy (non-hydrogen) atoms. The van der Waals surface area contributed by atoms with Gasteiger partial charge in [0.1, 0.15) is 5.82 Å². The van der Waals surface area contributed by atoms with Crippen molar-refractivity contribution in [1.29, 1.82) is 0 Å². The molecule has 98 valence electrons. The number of nitro benzene ring substituents is 1. The first kappa shape index (κ1) is 12.8. The number of nitrogens with two attached hydrogens (primary N) is 1. The molecule has 0 aliphatic carbocycles. The smallest absolute Gasteiger partial charge is 0.273 e. The second kappa shape index (κ2) is 4.93. The zero-order valence-corrected chi connectivity index (χ0v) is 10.2. The summed E-state index contributed by atoms with van der Waals surface area (Å²) in [6.45, 7) is 1.62. The van der Waals surface area contributed by atoms with Crippen LogP contribution in [0.3, 0.4) is 0 Å². The van der Waals surface area contributed by atoms with Crippen LogP contribution in [0.1, 0.15) is 5.56 Å². The van der Waals surface area contributed by atoms with Crippen molar-refractivity contribution >= 4 is 22.7 Å². The highest BCUT2D eigenvalue weighted by Crippen LogP contribution is 2.27. The lowest BCUT2D eigenvalue weighted by Gasteiger charge is -2.10. The summed E-state index contributed by atoms with van der Waals surface area (Å²) < 4.78 is 13.4. The Morgan fingerprint density at radius 2 is 2.05 bits per heavy atom. The summed E-state index contributed by atoms with van der Waals surface area (Å²) in [5.74, 6) is -0.344. The summed E-state index contributed by atoms with van der Waals surface area (Å²) in [4.78, 5) is 10.2. The van der Waals surface area contributed by atoms with Crippen molar-refractivity contribution in [2.75, 3.05) is 11.1 Å². The molecule has 0 aliphatic heterocycles. The predicted molar refractivity (Wildman–Crippen MR) is 71.9 cm³/mol. The van der Waals surface area contributed by atoms with Crippen LogP contribution in [0, 0.1) is 22.9 Å². The van der Waals surface area contributed by atoms with Crippen LogP contribution in [0.2, 0.25) is 0 Å². The molecule has 2 rings (SSSR count). The van der Waals surface area contributed by atoms with Crippen molar-refractivity contribution in [3.8, 4) is 0 Å². The Morgan fingerprint density at radius 1 is 1.32 bits per heavy atom. The lowest BCUT2D eigenvalue weighted by molar-refractivity contribution is -0.384. The monoisotopic (exact) mass is 261 g/mol. The van der Waals surface area contributed by atoms with Gasteiger partial charge in [-0.25, -0.2) is 4.39 Å². The van der Waals surface area contributed by atoms with E-state index in [0.29, 0.717) is 16.9 Å². The third-order valence-corrected chi connectivity index (χ3v) is 2.70. The zero-order chi connectivity index (χ0) is 14.0. The fourth-order valence-electron chi connectivity index (χ4n) is 1.71. The van der Waals surface area contributed by atoms with Gasteiger partial charge in [-0.05, 0) is 25.1 Å². The van der Waals surface area contributed by atoms with Crippen LogP contribution in [0.25, 0.3) is 0 Å². The Balaban J connectivity index is 2.38. The Hall–Kier alpha value is -2.63. The summed E-state index contributed by atoms with van der Waals surface area (Å²) in [7, 11) is 0. The molecule has 0 heterocycles. The molecule has 0 saturated carbocycles. The number of nitrogens with one attached hydrogen (secondary N) is 1. The minimum atomic E-state index is -0.528. The largest absolute Gasteiger partial charge is 0.398 e. The van der Waals surface area contributed by atoms with Crippen LogP contribution in [-0.2, 0) is 0 Å². The lowest BCUT2D eigenvalue weighted by atomic mass is 10.1. The Labute approximate surface area is 109 Å². The lowest BCUT2D eigenvalue weighted by Crippen LogP contribution is -1.98. The molecule has 0 amide bonds. The van der Waals surface area contributed by atoms with Gasteiger partial charge in [0.15, 0.2) is 0 Å². The predicted octanol–water partition coefficient (Wildman–Crippen LogP) is 3.37. The number of nitro groups is 1. The Morgan fingerprint density at radius 3 is 2.74 bits per heavy atom. The van der Waals surface area contributed by atoms with Gasteiger partial charge in [0, 0.05) is 34.8 Å². The highest BCUT2D eigenvalue weighted by atomic mass is 19.1. The molecule has 0 radical (unpaired) electrons. The molecule has 0 spiro atoms. The van der Waals surface area contributed by atoms with Crippen molar-refractivity contribution in [2.45, 2.75) is 6.92 Å². The van der Waals surface area contributed by atoms with Crippen LogP contribution in [0.5, 0.6) is 0 Å². The quantitative estimate of drug-likeness (QED) is 0.504. The number of halogens is 1. The summed E-state index contributed by atoms with van der Waals surface area (Å²) in [5, 5.41) is 13.7. The average Bonchev–Trinajstić information content (AvgIpc) is 2.34. The van der Waals surface area contributed by atoms with Gasteiger partial charge >= 0.3 is 0 Å². The van der Waals surface area contributed by atoms with Crippen LogP contribution in [0.4, 0.5) is 27.1 Å². The molecule has 0 bridgehead atoms. The number of benzene rings is 2. The van der Waals surface area contributed by atoms with Gasteiger partial charge in [0.05, 0.1) is 4.92 Å². The number of anilines is 3. The first-order valence-electron chi connectivity index (χ1n) is 5.54. The van der Waals surface area contributed by atoms with E-state index in [2.05, 4.69) is 5.32 Å². The number of hydrogen-bond acceptors (Lipinski definition) is 4. The van der Waals surface area contributed by atoms with Crippen molar-refractivity contribution in [3.63, 3.8) is 0 Å². The highest BCUT2D eigenvalue weighted by molar-refractivity contribution is 5.69. The van der Waals surface area contributed by atoms with Crippen LogP contribution in [-0.4, -0.2) is 4.92 Å². The minimum absolute atomic E-state index is 0.114. The van der Waals surface area contributed by atoms with Gasteiger partial charge in [0.25, 0.3) is 5.69 Å². The first-order chi connectivity index (χ1) is 8.97. The standard InChI is InChI=1S/C13H12FN3O2/c1-8-12(14)3-2-4-13(8)16-10-5-9(15)6-11(7-10)17(18)19/h2-7,16H,15H2,1H3. The number of rotatable bonds is 3. The van der Waals surface area contributed by atoms with E-state index in [1.165, 1.54) is 18.2 Å². The molecule has 2 aromatic rings. The molecule has 0 unspecified atom stereocenters. The zero-order valence-electron chi connectivity index (χ0n) is 10.2. The molecular formula is C13H12FN3O2. The summed E-state index contributed by atoms with van der Waals surface area (Å²) >= 11 is 0. The SMILES string of the molecule is Cc1c(F)cccc1Nc1cc(N)cc([N+](=O)[O-])c1. The van der Waals surface area contributed by atoms with E-state index in [1.54, 1.807) is 25.1 Å². The van der Waals surface area contributed by atoms with Crippen molar-refractivity contribution in [2.24, 2.45) is 0 Å². The topological polar surface area (TPSA) is 81.2 Å². The normalized spacial score (nSPS) is 10.2. The number of nitrogen functional groups attached to an aromatic ring is 1. The first-order valence-corrected chi connectivity index (χ1v) is 5.54. The molecular weight excluding hydrogens is 249 g/mol. The second-order valence-corrected chi connectivity index (χ2v) is 4.11. The van der Waals surface area contributed by atoms with Crippen LogP contribution >= 0.6 is 0 Å². The number of non-ortho nitro benzene ring substituents is 1. The van der Waals surface area contributed by atoms with Crippen molar-refractivity contribution in [1.82, 2.24) is 0 Å². The molecule has 0 aromatic heterocycles. The van der Waals surface area contributed by atoms with Gasteiger partial charge in [-0.2, -0.15) is 0 Å². The van der Waals surface area contributed by atoms with Gasteiger partial charge in [-0.1, -0.05) is 6.07 Å². The molecule has 0 fully saturated rings. The van der Waals surface area contributed by atoms with Gasteiger partial charge in [-0.3, -0.25) is 10.1 Å². The third-order valence-electron chi connectivity index (χ3n) is 2.70. The van der Waals surface area contributed by atoms with E-state index >= 15 is 0 Å². The van der Waals surface area contributed by atoms with E-state index < -0.39 is 4.92 Å². The van der Waals surface area contributed by atoms with Crippen molar-refractivity contribution < 1.29 is 9.31 Å². The number of hydrogen-bond donors (Lipinski definition) is 2. The molecule has 6 heteroatoms. The average molecular weight is 261 g/mol. The molecule has 0 atom stereocenters. The third kappa shape index (κ3) is 2.79. The van der Waals surface area contributed by atoms with Gasteiger partial charge in [-0.15, -0.1) is 0 Å². The van der Waals surface area contributed by atoms with Gasteiger partial charge in [0.2, 0.25) is 0 Å². The number of nitrogens with zero attached hydrogens (tertiary/aromatic N) is 1. The molecule has 2 aromatic carbocycles. The van der Waals surface area contributed by atoms with E-state index in [0.717, 1.165) is 0 Å². The molecule has 0 aliphatic rings. The van der Waals surface area contributed by atoms with Gasteiger partial charge < -0.3 is 11.1 Å². The van der Waals surface area contributed by atoms with E-state index in [9.17, 15) is 14.5 Å². The minimum Gasteiger partial charge on any atom is -0.398 e. The highest BCUT2D eigenvalue weighted by Gasteiger charge is 2.10. The Bertz CT molecular complexity index is 644. The molecule has 5 nitrogen and oxygen atoms in total. The van der Waals surface area contributed by atoms with E-state index in [1.807, 2.05) is 0 Å². The maximum atomic E-state index is 13.4. The summed E-state index contributed by atoms with van der Waals surface area (Å²) in [5.41, 5.74) is 7.18. The van der Waals surface area contributed by atoms with Crippen molar-refractivity contribution in [3.05, 3.63) is 57.9 Å². The van der Waals surface area contributed by atoms with E-state index in [-0.39, 0.29) is 17.2 Å². The maximum Gasteiger partial charge on any atom is 0.273 e. The Kier molecular flexibility index (Phi) is 3.33. The molecule has 0 saturated heterocycles. The molecule has 3 N–H and O–H groups in total. The fourth-order valence-corrected chi connectivity index (χ4v) is 1.71.